The number of nitrogens with zero attached hydrogens (tertiary/aromatic N) is 1. The van der Waals surface area contributed by atoms with Gasteiger partial charge in [0, 0.05) is 24.0 Å². The van der Waals surface area contributed by atoms with Crippen LogP contribution in [0.1, 0.15) is 63.7 Å². The number of nitrogens with one attached hydrogen (secondary N) is 2. The van der Waals surface area contributed by atoms with E-state index in [1.54, 1.807) is 29.5 Å². The quantitative estimate of drug-likeness (QED) is 0.355. The molecule has 1 aromatic heterocycles. The zero-order valence-electron chi connectivity index (χ0n) is 20.4. The molecule has 0 bridgehead atoms. The molecule has 0 spiro atoms. The maximum absolute atomic E-state index is 13.2. The number of ether oxygens (including phenoxy) is 2. The van der Waals surface area contributed by atoms with Gasteiger partial charge in [-0.1, -0.05) is 6.07 Å². The molecule has 0 saturated carbocycles. The third-order valence-electron chi connectivity index (χ3n) is 6.48. The molecule has 0 fully saturated rings. The van der Waals surface area contributed by atoms with Gasteiger partial charge in [0.25, 0.3) is 5.91 Å². The molecule has 2 aliphatic heterocycles. The summed E-state index contributed by atoms with van der Waals surface area (Å²) < 4.78 is 24.5. The molecule has 3 aromatic rings. The predicted octanol–water partition coefficient (Wildman–Crippen LogP) is 5.13. The Kier molecular flexibility index (Phi) is 6.68. The summed E-state index contributed by atoms with van der Waals surface area (Å²) >= 11 is 1.64. The molecular formula is C27H28FN3O4S. The van der Waals surface area contributed by atoms with Gasteiger partial charge in [0.2, 0.25) is 0 Å². The molecule has 2 N–H and O–H groups in total. The zero-order chi connectivity index (χ0) is 25.4. The van der Waals surface area contributed by atoms with Crippen LogP contribution in [0.3, 0.4) is 0 Å². The maximum atomic E-state index is 13.2. The third kappa shape index (κ3) is 4.68. The Bertz CT molecular complexity index is 1310. The number of esters is 1. The lowest BCUT2D eigenvalue weighted by atomic mass is 9.99. The van der Waals surface area contributed by atoms with Crippen molar-refractivity contribution in [3.63, 3.8) is 0 Å². The second-order valence-corrected chi connectivity index (χ2v) is 10.2. The van der Waals surface area contributed by atoms with Crippen LogP contribution in [0.5, 0.6) is 11.5 Å². The Morgan fingerprint density at radius 2 is 1.94 bits per heavy atom. The highest BCUT2D eigenvalue weighted by molar-refractivity contribution is 7.16. The summed E-state index contributed by atoms with van der Waals surface area (Å²) in [7, 11) is 0. The molecule has 1 atom stereocenters. The first kappa shape index (κ1) is 24.3. The lowest BCUT2D eigenvalue weighted by Crippen LogP contribution is -2.39. The first-order valence-electron chi connectivity index (χ1n) is 12.0. The summed E-state index contributed by atoms with van der Waals surface area (Å²) in [6.45, 7) is 8.38. The number of carbonyl (C=O) groups is 2. The minimum atomic E-state index is -0.614. The van der Waals surface area contributed by atoms with Crippen LogP contribution in [0.15, 0.2) is 42.5 Å². The van der Waals surface area contributed by atoms with Crippen molar-refractivity contribution in [2.75, 3.05) is 18.5 Å². The Morgan fingerprint density at radius 1 is 1.17 bits per heavy atom. The largest absolute Gasteiger partial charge is 0.490 e. The Morgan fingerprint density at radius 3 is 2.67 bits per heavy atom. The van der Waals surface area contributed by atoms with Gasteiger partial charge in [0.15, 0.2) is 11.5 Å². The molecule has 0 aliphatic carbocycles. The van der Waals surface area contributed by atoms with Gasteiger partial charge in [-0.3, -0.25) is 9.69 Å². The molecule has 3 heterocycles. The number of halogens is 1. The van der Waals surface area contributed by atoms with Gasteiger partial charge in [-0.25, -0.2) is 9.18 Å². The molecule has 7 nitrogen and oxygen atoms in total. The van der Waals surface area contributed by atoms with Crippen molar-refractivity contribution >= 4 is 28.2 Å². The molecule has 2 aromatic carbocycles. The highest BCUT2D eigenvalue weighted by atomic mass is 32.1. The molecule has 2 aliphatic rings. The molecule has 1 amide bonds. The van der Waals surface area contributed by atoms with Gasteiger partial charge < -0.3 is 20.1 Å². The molecule has 9 heteroatoms. The average Bonchev–Trinajstić information content (AvgIpc) is 3.23. The van der Waals surface area contributed by atoms with Crippen LogP contribution < -0.4 is 20.1 Å². The van der Waals surface area contributed by atoms with Gasteiger partial charge in [-0.2, -0.15) is 0 Å². The van der Waals surface area contributed by atoms with Crippen LogP contribution in [0.4, 0.5) is 9.39 Å². The van der Waals surface area contributed by atoms with E-state index in [2.05, 4.69) is 29.4 Å². The Balaban J connectivity index is 1.38. The van der Waals surface area contributed by atoms with E-state index in [1.807, 2.05) is 6.92 Å². The van der Waals surface area contributed by atoms with Crippen LogP contribution in [-0.4, -0.2) is 36.0 Å². The Labute approximate surface area is 213 Å². The number of amides is 1. The molecular weight excluding hydrogens is 481 g/mol. The monoisotopic (exact) mass is 509 g/mol. The molecule has 36 heavy (non-hydrogen) atoms. The molecule has 1 unspecified atom stereocenters. The van der Waals surface area contributed by atoms with E-state index in [0.29, 0.717) is 18.4 Å². The fourth-order valence-electron chi connectivity index (χ4n) is 4.54. The van der Waals surface area contributed by atoms with Crippen LogP contribution in [0, 0.1) is 5.82 Å². The summed E-state index contributed by atoms with van der Waals surface area (Å²) in [5, 5.41) is 7.42. The van der Waals surface area contributed by atoms with Crippen molar-refractivity contribution in [1.29, 1.82) is 0 Å². The molecule has 188 valence electrons. The lowest BCUT2D eigenvalue weighted by Gasteiger charge is -2.31. The van der Waals surface area contributed by atoms with Gasteiger partial charge in [-0.05, 0) is 74.7 Å². The predicted molar refractivity (Wildman–Crippen MR) is 136 cm³/mol. The first-order valence-corrected chi connectivity index (χ1v) is 12.9. The topological polar surface area (TPSA) is 79.9 Å². The van der Waals surface area contributed by atoms with Crippen molar-refractivity contribution in [2.24, 2.45) is 0 Å². The van der Waals surface area contributed by atoms with Crippen LogP contribution in [-0.2, 0) is 13.0 Å². The summed E-state index contributed by atoms with van der Waals surface area (Å²) in [4.78, 5) is 29.3. The van der Waals surface area contributed by atoms with Gasteiger partial charge in [0.1, 0.15) is 17.0 Å². The number of rotatable bonds is 6. The maximum Gasteiger partial charge on any atom is 0.343 e. The van der Waals surface area contributed by atoms with Crippen LogP contribution >= 0.6 is 11.3 Å². The van der Waals surface area contributed by atoms with E-state index in [0.717, 1.165) is 41.2 Å². The second-order valence-electron chi connectivity index (χ2n) is 9.11. The summed E-state index contributed by atoms with van der Waals surface area (Å²) in [6, 6.07) is 10.8. The number of anilines is 1. The van der Waals surface area contributed by atoms with E-state index in [1.165, 1.54) is 29.1 Å². The standard InChI is InChI=1S/C27H28FN3O4S/c1-4-34-21-13-17(7-10-20(21)35-27(33)16-5-8-18(28)9-6-16)24-29-25(32)23-19-11-12-31(15(2)3)14-22(19)36-26(23)30-24/h5-10,13,15,24,30H,4,11-12,14H2,1-3H3,(H,29,32). The average molecular weight is 510 g/mol. The fourth-order valence-corrected chi connectivity index (χ4v) is 5.84. The van der Waals surface area contributed by atoms with Crippen LogP contribution in [0.2, 0.25) is 0 Å². The number of carbonyl (C=O) groups excluding carboxylic acids is 2. The van der Waals surface area contributed by atoms with Crippen molar-refractivity contribution in [3.8, 4) is 11.5 Å². The van der Waals surface area contributed by atoms with E-state index < -0.39 is 18.0 Å². The second kappa shape index (κ2) is 9.91. The van der Waals surface area contributed by atoms with Crippen molar-refractivity contribution in [2.45, 2.75) is 45.9 Å². The smallest absolute Gasteiger partial charge is 0.343 e. The summed E-state index contributed by atoms with van der Waals surface area (Å²) in [6.07, 6.45) is 0.411. The third-order valence-corrected chi connectivity index (χ3v) is 7.63. The highest BCUT2D eigenvalue weighted by Crippen LogP contribution is 2.42. The summed E-state index contributed by atoms with van der Waals surface area (Å²) in [5.74, 6) is -0.505. The van der Waals surface area contributed by atoms with Gasteiger partial charge in [0.05, 0.1) is 17.7 Å². The molecule has 5 rings (SSSR count). The SMILES string of the molecule is CCOc1cc(C2NC(=O)c3c(sc4c3CCN(C(C)C)C4)N2)ccc1OC(=O)c1ccc(F)cc1. The first-order chi connectivity index (χ1) is 17.3. The normalized spacial score (nSPS) is 17.1. The number of benzene rings is 2. The fraction of sp³-hybridized carbons (Fsp3) is 0.333. The van der Waals surface area contributed by atoms with Crippen molar-refractivity contribution < 1.29 is 23.5 Å². The molecule has 0 saturated heterocycles. The number of fused-ring (bicyclic) bond motifs is 3. The highest BCUT2D eigenvalue weighted by Gasteiger charge is 2.34. The van der Waals surface area contributed by atoms with E-state index in [4.69, 9.17) is 9.47 Å². The van der Waals surface area contributed by atoms with Crippen molar-refractivity contribution in [1.82, 2.24) is 10.2 Å². The number of hydrogen-bond acceptors (Lipinski definition) is 7. The zero-order valence-corrected chi connectivity index (χ0v) is 21.2. The van der Waals surface area contributed by atoms with Gasteiger partial charge in [-0.15, -0.1) is 11.3 Å². The Hall–Kier alpha value is -3.43. The van der Waals surface area contributed by atoms with E-state index >= 15 is 0 Å². The van der Waals surface area contributed by atoms with E-state index in [-0.39, 0.29) is 17.2 Å². The van der Waals surface area contributed by atoms with E-state index in [9.17, 15) is 14.0 Å². The molecule has 0 radical (unpaired) electrons. The summed E-state index contributed by atoms with van der Waals surface area (Å²) in [5.41, 5.74) is 2.90. The minimum Gasteiger partial charge on any atom is -0.490 e. The van der Waals surface area contributed by atoms with Crippen LogP contribution in [0.25, 0.3) is 0 Å². The van der Waals surface area contributed by atoms with Crippen molar-refractivity contribution in [3.05, 3.63) is 75.4 Å². The number of thiophene rings is 1. The minimum absolute atomic E-state index is 0.0889. The lowest BCUT2D eigenvalue weighted by molar-refractivity contribution is 0.0728. The van der Waals surface area contributed by atoms with Gasteiger partial charge >= 0.3 is 5.97 Å². The number of hydrogen-bond donors (Lipinski definition) is 2.